The van der Waals surface area contributed by atoms with Crippen molar-refractivity contribution in [3.63, 3.8) is 0 Å². The van der Waals surface area contributed by atoms with E-state index in [1.165, 1.54) is 0 Å². The molecule has 0 aliphatic heterocycles. The predicted molar refractivity (Wildman–Crippen MR) is 67.4 cm³/mol. The van der Waals surface area contributed by atoms with Gasteiger partial charge in [0.1, 0.15) is 0 Å². The zero-order chi connectivity index (χ0) is 13.2. The summed E-state index contributed by atoms with van der Waals surface area (Å²) in [7, 11) is 1.75. The van der Waals surface area contributed by atoms with Crippen LogP contribution in [0.3, 0.4) is 0 Å². The number of nitrogens with one attached hydrogen (secondary N) is 1. The maximum Gasteiger partial charge on any atom is 0.257 e. The van der Waals surface area contributed by atoms with Gasteiger partial charge in [-0.15, -0.1) is 0 Å². The summed E-state index contributed by atoms with van der Waals surface area (Å²) in [6.45, 7) is 0.493. The number of aromatic nitrogens is 5. The Kier molecular flexibility index (Phi) is 2.71. The minimum Gasteiger partial charge on any atom is -0.337 e. The van der Waals surface area contributed by atoms with Crippen LogP contribution in [0.25, 0.3) is 5.52 Å². The number of carbonyl (C=O) groups excluding carboxylic acids is 1. The number of nitrogens with zero attached hydrogens (tertiary/aromatic N) is 5. The van der Waals surface area contributed by atoms with Crippen LogP contribution in [-0.2, 0) is 6.54 Å². The largest absolute Gasteiger partial charge is 0.337 e. The molecule has 0 aromatic carbocycles. The topological polar surface area (TPSA) is 79.2 Å². The molecule has 0 spiro atoms. The van der Waals surface area contributed by atoms with Crippen LogP contribution in [0, 0.1) is 0 Å². The van der Waals surface area contributed by atoms with Gasteiger partial charge in [-0.3, -0.25) is 14.9 Å². The molecule has 19 heavy (non-hydrogen) atoms. The van der Waals surface area contributed by atoms with Crippen LogP contribution in [0.5, 0.6) is 0 Å². The molecule has 7 heteroatoms. The molecule has 3 aromatic rings. The van der Waals surface area contributed by atoms with E-state index in [1.807, 2.05) is 0 Å². The lowest BCUT2D eigenvalue weighted by molar-refractivity contribution is 0.0787. The summed E-state index contributed by atoms with van der Waals surface area (Å²) in [5.74, 6) is -0.0933. The summed E-state index contributed by atoms with van der Waals surface area (Å²) in [5, 5.41) is 10.7. The van der Waals surface area contributed by atoms with E-state index < -0.39 is 0 Å². The van der Waals surface area contributed by atoms with Gasteiger partial charge in [0, 0.05) is 37.7 Å². The zero-order valence-corrected chi connectivity index (χ0v) is 10.3. The molecule has 0 unspecified atom stereocenters. The lowest BCUT2D eigenvalue weighted by Gasteiger charge is -2.15. The van der Waals surface area contributed by atoms with Crippen LogP contribution in [0.1, 0.15) is 15.9 Å². The number of amides is 1. The van der Waals surface area contributed by atoms with Gasteiger partial charge in [-0.25, -0.2) is 4.52 Å². The summed E-state index contributed by atoms with van der Waals surface area (Å²) in [5.41, 5.74) is 2.19. The third kappa shape index (κ3) is 2.05. The molecule has 96 valence electrons. The average molecular weight is 256 g/mol. The second-order valence-corrected chi connectivity index (χ2v) is 4.23. The molecule has 3 aromatic heterocycles. The minimum absolute atomic E-state index is 0.0933. The molecule has 0 aliphatic carbocycles. The minimum atomic E-state index is -0.0933. The first kappa shape index (κ1) is 11.4. The number of hydrogen-bond acceptors (Lipinski definition) is 4. The molecule has 0 radical (unpaired) electrons. The quantitative estimate of drug-likeness (QED) is 0.749. The Morgan fingerprint density at radius 3 is 3.11 bits per heavy atom. The van der Waals surface area contributed by atoms with E-state index in [1.54, 1.807) is 53.6 Å². The lowest BCUT2D eigenvalue weighted by atomic mass is 10.2. The molecule has 0 fully saturated rings. The SMILES string of the molecule is CN(Cc1cn[nH]c1)C(=O)c1cnn2ccncc12. The fourth-order valence-corrected chi connectivity index (χ4v) is 1.91. The number of fused-ring (bicyclic) bond motifs is 1. The number of H-pyrrole nitrogens is 1. The van der Waals surface area contributed by atoms with Crippen LogP contribution in [-0.4, -0.2) is 42.7 Å². The number of aromatic amines is 1. The molecule has 0 bridgehead atoms. The van der Waals surface area contributed by atoms with Gasteiger partial charge in [0.25, 0.3) is 5.91 Å². The van der Waals surface area contributed by atoms with Crippen molar-refractivity contribution in [3.8, 4) is 0 Å². The van der Waals surface area contributed by atoms with E-state index >= 15 is 0 Å². The predicted octanol–water partition coefficient (Wildman–Crippen LogP) is 0.725. The summed E-state index contributed by atoms with van der Waals surface area (Å²) >= 11 is 0. The number of carbonyl (C=O) groups is 1. The third-order valence-electron chi connectivity index (χ3n) is 2.88. The smallest absolute Gasteiger partial charge is 0.257 e. The fourth-order valence-electron chi connectivity index (χ4n) is 1.91. The van der Waals surface area contributed by atoms with Gasteiger partial charge in [0.15, 0.2) is 0 Å². The van der Waals surface area contributed by atoms with Gasteiger partial charge in [0.2, 0.25) is 0 Å². The van der Waals surface area contributed by atoms with Crippen molar-refractivity contribution < 1.29 is 4.79 Å². The molecule has 0 saturated heterocycles. The van der Waals surface area contributed by atoms with Gasteiger partial charge < -0.3 is 4.90 Å². The van der Waals surface area contributed by atoms with Gasteiger partial charge in [-0.2, -0.15) is 10.2 Å². The Morgan fingerprint density at radius 2 is 2.32 bits per heavy atom. The highest BCUT2D eigenvalue weighted by atomic mass is 16.2. The standard InChI is InChI=1S/C12H12N6O/c1-17(8-9-4-14-15-5-9)12(19)10-6-16-18-3-2-13-7-11(10)18/h2-7H,8H2,1H3,(H,14,15). The molecule has 0 saturated carbocycles. The Bertz CT molecular complexity index is 702. The van der Waals surface area contributed by atoms with Crippen molar-refractivity contribution in [2.75, 3.05) is 7.05 Å². The maximum absolute atomic E-state index is 12.4. The van der Waals surface area contributed by atoms with Crippen molar-refractivity contribution >= 4 is 11.4 Å². The zero-order valence-electron chi connectivity index (χ0n) is 10.3. The molecule has 0 atom stereocenters. The van der Waals surface area contributed by atoms with Gasteiger partial charge >= 0.3 is 0 Å². The van der Waals surface area contributed by atoms with E-state index in [2.05, 4.69) is 20.3 Å². The van der Waals surface area contributed by atoms with Gasteiger partial charge in [-0.05, 0) is 0 Å². The Labute approximate surface area is 108 Å². The first-order valence-corrected chi connectivity index (χ1v) is 5.76. The van der Waals surface area contributed by atoms with Gasteiger partial charge in [0.05, 0.1) is 29.7 Å². The van der Waals surface area contributed by atoms with Crippen LogP contribution in [0.4, 0.5) is 0 Å². The van der Waals surface area contributed by atoms with Crippen LogP contribution < -0.4 is 0 Å². The molecule has 3 rings (SSSR count). The van der Waals surface area contributed by atoms with E-state index in [9.17, 15) is 4.79 Å². The van der Waals surface area contributed by atoms with Crippen molar-refractivity contribution in [1.29, 1.82) is 0 Å². The highest BCUT2D eigenvalue weighted by molar-refractivity contribution is 6.00. The molecule has 7 nitrogen and oxygen atoms in total. The monoisotopic (exact) mass is 256 g/mol. The molecular weight excluding hydrogens is 244 g/mol. The van der Waals surface area contributed by atoms with Crippen molar-refractivity contribution in [3.05, 3.63) is 48.3 Å². The number of hydrogen-bond donors (Lipinski definition) is 1. The third-order valence-corrected chi connectivity index (χ3v) is 2.88. The Hall–Kier alpha value is -2.70. The highest BCUT2D eigenvalue weighted by Crippen LogP contribution is 2.12. The second-order valence-electron chi connectivity index (χ2n) is 4.23. The highest BCUT2D eigenvalue weighted by Gasteiger charge is 2.17. The Morgan fingerprint density at radius 1 is 1.42 bits per heavy atom. The lowest BCUT2D eigenvalue weighted by Crippen LogP contribution is -2.25. The fraction of sp³-hybridized carbons (Fsp3) is 0.167. The van der Waals surface area contributed by atoms with E-state index in [4.69, 9.17) is 0 Å². The average Bonchev–Trinajstić information content (AvgIpc) is 3.06. The van der Waals surface area contributed by atoms with Crippen LogP contribution in [0.15, 0.2) is 37.2 Å². The van der Waals surface area contributed by atoms with Crippen molar-refractivity contribution in [1.82, 2.24) is 29.7 Å². The Balaban J connectivity index is 1.87. The van der Waals surface area contributed by atoms with Crippen molar-refractivity contribution in [2.45, 2.75) is 6.54 Å². The van der Waals surface area contributed by atoms with Crippen LogP contribution in [0.2, 0.25) is 0 Å². The van der Waals surface area contributed by atoms with Gasteiger partial charge in [-0.1, -0.05) is 0 Å². The normalized spacial score (nSPS) is 10.8. The summed E-state index contributed by atoms with van der Waals surface area (Å²) < 4.78 is 1.63. The van der Waals surface area contributed by atoms with Crippen molar-refractivity contribution in [2.24, 2.45) is 0 Å². The molecular formula is C12H12N6O. The summed E-state index contributed by atoms with van der Waals surface area (Å²) in [6, 6.07) is 0. The van der Waals surface area contributed by atoms with E-state index in [-0.39, 0.29) is 5.91 Å². The first-order valence-electron chi connectivity index (χ1n) is 5.76. The molecule has 3 heterocycles. The summed E-state index contributed by atoms with van der Waals surface area (Å²) in [4.78, 5) is 18.0. The van der Waals surface area contributed by atoms with E-state index in [0.717, 1.165) is 5.56 Å². The summed E-state index contributed by atoms with van der Waals surface area (Å²) in [6.07, 6.45) is 9.99. The molecule has 0 aliphatic rings. The number of rotatable bonds is 3. The van der Waals surface area contributed by atoms with Crippen LogP contribution >= 0.6 is 0 Å². The van der Waals surface area contributed by atoms with E-state index in [0.29, 0.717) is 17.6 Å². The second kappa shape index (κ2) is 4.52. The first-order chi connectivity index (χ1) is 9.25. The maximum atomic E-state index is 12.4. The molecule has 1 amide bonds. The molecule has 1 N–H and O–H groups in total.